The second kappa shape index (κ2) is 8.03. The molecule has 1 atom stereocenters. The molecule has 1 aliphatic rings. The largest absolute Gasteiger partial charge is 0.465 e. The van der Waals surface area contributed by atoms with E-state index in [2.05, 4.69) is 0 Å². The van der Waals surface area contributed by atoms with Crippen molar-refractivity contribution in [2.75, 3.05) is 26.0 Å². The molecule has 0 aliphatic carbocycles. The van der Waals surface area contributed by atoms with Gasteiger partial charge in [0.05, 0.1) is 18.4 Å². The van der Waals surface area contributed by atoms with Crippen LogP contribution in [0.1, 0.15) is 48.0 Å². The number of ether oxygens (including phenoxy) is 1. The van der Waals surface area contributed by atoms with Crippen LogP contribution in [0.5, 0.6) is 0 Å². The highest BCUT2D eigenvalue weighted by atomic mass is 32.2. The number of nitrogens with zero attached hydrogens (tertiary/aromatic N) is 1. The fourth-order valence-corrected chi connectivity index (χ4v) is 3.90. The minimum absolute atomic E-state index is 0.0126. The van der Waals surface area contributed by atoms with Crippen LogP contribution in [0.15, 0.2) is 24.3 Å². The van der Waals surface area contributed by atoms with Gasteiger partial charge in [-0.1, -0.05) is 26.0 Å². The van der Waals surface area contributed by atoms with Gasteiger partial charge in [0, 0.05) is 13.2 Å². The van der Waals surface area contributed by atoms with Gasteiger partial charge in [-0.15, -0.1) is 11.8 Å². The Morgan fingerprint density at radius 2 is 2.04 bits per heavy atom. The lowest BCUT2D eigenvalue weighted by molar-refractivity contribution is -0.128. The van der Waals surface area contributed by atoms with E-state index in [0.717, 1.165) is 18.4 Å². The molecule has 1 aromatic carbocycles. The Morgan fingerprint density at radius 3 is 2.62 bits per heavy atom. The van der Waals surface area contributed by atoms with Crippen LogP contribution in [-0.4, -0.2) is 47.9 Å². The Balaban J connectivity index is 2.03. The molecule has 0 bridgehead atoms. The number of amides is 1. The van der Waals surface area contributed by atoms with Crippen molar-refractivity contribution in [1.29, 1.82) is 0 Å². The van der Waals surface area contributed by atoms with Gasteiger partial charge in [0.1, 0.15) is 5.37 Å². The number of benzene rings is 1. The molecular formula is C18H25NO4S. The minimum atomic E-state index is -0.361. The van der Waals surface area contributed by atoms with Crippen LogP contribution in [0.4, 0.5) is 0 Å². The third-order valence-corrected chi connectivity index (χ3v) is 5.52. The van der Waals surface area contributed by atoms with Crippen LogP contribution >= 0.6 is 11.8 Å². The van der Waals surface area contributed by atoms with Crippen LogP contribution < -0.4 is 0 Å². The summed E-state index contributed by atoms with van der Waals surface area (Å²) < 4.78 is 4.71. The van der Waals surface area contributed by atoms with Gasteiger partial charge in [-0.05, 0) is 36.0 Å². The fraction of sp³-hybridized carbons (Fsp3) is 0.556. The zero-order valence-electron chi connectivity index (χ0n) is 14.4. The zero-order valence-corrected chi connectivity index (χ0v) is 15.3. The summed E-state index contributed by atoms with van der Waals surface area (Å²) in [7, 11) is 1.36. The fourth-order valence-electron chi connectivity index (χ4n) is 2.68. The molecule has 1 N–H and O–H groups in total. The molecule has 132 valence electrons. The van der Waals surface area contributed by atoms with E-state index in [1.54, 1.807) is 23.9 Å². The number of esters is 1. The second-order valence-corrected chi connectivity index (χ2v) is 7.86. The van der Waals surface area contributed by atoms with E-state index in [0.29, 0.717) is 17.9 Å². The van der Waals surface area contributed by atoms with Crippen molar-refractivity contribution in [3.8, 4) is 0 Å². The highest BCUT2D eigenvalue weighted by Crippen LogP contribution is 2.39. The molecular weight excluding hydrogens is 326 g/mol. The van der Waals surface area contributed by atoms with Crippen molar-refractivity contribution in [2.45, 2.75) is 32.1 Å². The van der Waals surface area contributed by atoms with Crippen LogP contribution in [-0.2, 0) is 9.53 Å². The second-order valence-electron chi connectivity index (χ2n) is 6.79. The summed E-state index contributed by atoms with van der Waals surface area (Å²) in [6, 6.07) is 7.23. The van der Waals surface area contributed by atoms with Crippen LogP contribution in [0.2, 0.25) is 0 Å². The summed E-state index contributed by atoms with van der Waals surface area (Å²) in [6.45, 7) is 4.87. The van der Waals surface area contributed by atoms with E-state index < -0.39 is 0 Å². The topological polar surface area (TPSA) is 66.8 Å². The lowest BCUT2D eigenvalue weighted by atomic mass is 9.89. The highest BCUT2D eigenvalue weighted by Gasteiger charge is 2.32. The van der Waals surface area contributed by atoms with E-state index in [-0.39, 0.29) is 29.3 Å². The Bertz CT molecular complexity index is 585. The number of carbonyl (C=O) groups is 2. The third kappa shape index (κ3) is 4.51. The van der Waals surface area contributed by atoms with E-state index in [4.69, 9.17) is 4.74 Å². The quantitative estimate of drug-likeness (QED) is 0.765. The summed E-state index contributed by atoms with van der Waals surface area (Å²) >= 11 is 1.61. The lowest BCUT2D eigenvalue weighted by Crippen LogP contribution is -2.30. The predicted molar refractivity (Wildman–Crippen MR) is 94.8 cm³/mol. The first-order valence-corrected chi connectivity index (χ1v) is 9.13. The lowest BCUT2D eigenvalue weighted by Gasteiger charge is -2.27. The molecule has 2 rings (SSSR count). The van der Waals surface area contributed by atoms with E-state index >= 15 is 0 Å². The Kier molecular flexibility index (Phi) is 6.29. The van der Waals surface area contributed by atoms with Gasteiger partial charge in [-0.3, -0.25) is 4.79 Å². The molecule has 24 heavy (non-hydrogen) atoms. The summed E-state index contributed by atoms with van der Waals surface area (Å²) in [5.41, 5.74) is 1.40. The molecule has 1 aromatic rings. The molecule has 1 unspecified atom stereocenters. The molecule has 6 heteroatoms. The number of carbonyl (C=O) groups excluding carboxylic acids is 2. The number of thioether (sulfide) groups is 1. The van der Waals surface area contributed by atoms with Crippen molar-refractivity contribution >= 4 is 23.6 Å². The highest BCUT2D eigenvalue weighted by molar-refractivity contribution is 8.00. The summed E-state index contributed by atoms with van der Waals surface area (Å²) in [5.74, 6) is 0.260. The van der Waals surface area contributed by atoms with Crippen molar-refractivity contribution < 1.29 is 19.4 Å². The van der Waals surface area contributed by atoms with E-state index in [1.807, 2.05) is 30.9 Å². The first-order valence-electron chi connectivity index (χ1n) is 8.08. The van der Waals surface area contributed by atoms with Gasteiger partial charge in [-0.25, -0.2) is 4.79 Å². The van der Waals surface area contributed by atoms with E-state index in [1.165, 1.54) is 7.11 Å². The SMILES string of the molecule is COC(=O)c1ccc(C2SCC(=O)N2CCCC(C)(C)CO)cc1. The number of hydrogen-bond donors (Lipinski definition) is 1. The van der Waals surface area contributed by atoms with Gasteiger partial charge in [0.15, 0.2) is 0 Å². The maximum Gasteiger partial charge on any atom is 0.337 e. The summed E-state index contributed by atoms with van der Waals surface area (Å²) in [4.78, 5) is 25.6. The first-order chi connectivity index (χ1) is 11.4. The maximum atomic E-state index is 12.2. The van der Waals surface area contributed by atoms with Crippen molar-refractivity contribution in [3.05, 3.63) is 35.4 Å². The molecule has 0 aromatic heterocycles. The molecule has 1 aliphatic heterocycles. The summed E-state index contributed by atoms with van der Waals surface area (Å²) in [5, 5.41) is 9.32. The maximum absolute atomic E-state index is 12.2. The zero-order chi connectivity index (χ0) is 17.7. The van der Waals surface area contributed by atoms with Gasteiger partial charge in [0.2, 0.25) is 5.91 Å². The molecule has 5 nitrogen and oxygen atoms in total. The number of aliphatic hydroxyl groups excluding tert-OH is 1. The Hall–Kier alpha value is -1.53. The smallest absolute Gasteiger partial charge is 0.337 e. The number of rotatable bonds is 7. The van der Waals surface area contributed by atoms with Crippen LogP contribution in [0.3, 0.4) is 0 Å². The van der Waals surface area contributed by atoms with Gasteiger partial charge in [-0.2, -0.15) is 0 Å². The van der Waals surface area contributed by atoms with Crippen molar-refractivity contribution in [3.63, 3.8) is 0 Å². The normalized spacial score (nSPS) is 18.1. The van der Waals surface area contributed by atoms with Gasteiger partial charge < -0.3 is 14.7 Å². The van der Waals surface area contributed by atoms with Crippen LogP contribution in [0, 0.1) is 5.41 Å². The number of methoxy groups -OCH3 is 1. The van der Waals surface area contributed by atoms with Crippen molar-refractivity contribution in [1.82, 2.24) is 4.90 Å². The number of hydrogen-bond acceptors (Lipinski definition) is 5. The van der Waals surface area contributed by atoms with Crippen molar-refractivity contribution in [2.24, 2.45) is 5.41 Å². The average molecular weight is 351 g/mol. The van der Waals surface area contributed by atoms with Crippen LogP contribution in [0.25, 0.3) is 0 Å². The first kappa shape index (κ1) is 18.8. The predicted octanol–water partition coefficient (Wildman–Crippen LogP) is 2.85. The molecule has 1 heterocycles. The average Bonchev–Trinajstić information content (AvgIpc) is 2.95. The Labute approximate surface area is 147 Å². The molecule has 0 saturated carbocycles. The molecule has 0 radical (unpaired) electrons. The molecule has 0 spiro atoms. The molecule has 1 amide bonds. The standard InChI is InChI=1S/C18H25NO4S/c1-18(2,12-20)9-4-10-19-15(21)11-24-16(19)13-5-7-14(8-6-13)17(22)23-3/h5-8,16,20H,4,9-12H2,1-3H3. The van der Waals surface area contributed by atoms with Gasteiger partial charge >= 0.3 is 5.97 Å². The van der Waals surface area contributed by atoms with E-state index in [9.17, 15) is 14.7 Å². The van der Waals surface area contributed by atoms with Gasteiger partial charge in [0.25, 0.3) is 0 Å². The molecule has 1 saturated heterocycles. The summed E-state index contributed by atoms with van der Waals surface area (Å²) in [6.07, 6.45) is 1.72. The molecule has 1 fully saturated rings. The third-order valence-electron chi connectivity index (χ3n) is 4.27. The Morgan fingerprint density at radius 1 is 1.38 bits per heavy atom. The number of aliphatic hydroxyl groups is 1. The monoisotopic (exact) mass is 351 g/mol. The minimum Gasteiger partial charge on any atom is -0.465 e.